The molecule has 0 amide bonds. The van der Waals surface area contributed by atoms with Gasteiger partial charge in [0.05, 0.1) is 11.9 Å². The Bertz CT molecular complexity index is 1360. The first-order chi connectivity index (χ1) is 15.3. The van der Waals surface area contributed by atoms with Crippen molar-refractivity contribution in [1.29, 1.82) is 0 Å². The fourth-order valence-electron chi connectivity index (χ4n) is 3.33. The molecule has 0 unspecified atom stereocenters. The summed E-state index contributed by atoms with van der Waals surface area (Å²) in [6.07, 6.45) is 1.72. The maximum absolute atomic E-state index is 12.5. The summed E-state index contributed by atoms with van der Waals surface area (Å²) in [6.45, 7) is 0.271. The number of aromatic amines is 1. The normalized spacial score (nSPS) is 11.0. The third kappa shape index (κ3) is 4.25. The number of aromatic nitrogens is 3. The second-order valence-electron chi connectivity index (χ2n) is 6.99. The summed E-state index contributed by atoms with van der Waals surface area (Å²) < 4.78 is 7.17. The molecular weight excluding hydrogens is 406 g/mol. The van der Waals surface area contributed by atoms with Gasteiger partial charge in [0, 0.05) is 21.4 Å². The predicted molar refractivity (Wildman–Crippen MR) is 123 cm³/mol. The lowest BCUT2D eigenvalue weighted by Crippen LogP contribution is -2.16. The van der Waals surface area contributed by atoms with Crippen LogP contribution in [0.5, 0.6) is 5.75 Å². The Morgan fingerprint density at radius 3 is 2.29 bits per heavy atom. The van der Waals surface area contributed by atoms with Crippen LogP contribution in [0.4, 0.5) is 0 Å². The molecular formula is C25H19N3O2S. The monoisotopic (exact) mass is 425 g/mol. The zero-order valence-electron chi connectivity index (χ0n) is 16.6. The van der Waals surface area contributed by atoms with Crippen LogP contribution < -0.4 is 10.3 Å². The van der Waals surface area contributed by atoms with E-state index in [2.05, 4.69) is 34.3 Å². The van der Waals surface area contributed by atoms with Crippen molar-refractivity contribution < 1.29 is 4.74 Å². The number of para-hydroxylation sites is 1. The minimum atomic E-state index is -0.192. The van der Waals surface area contributed by atoms with Crippen LogP contribution in [-0.4, -0.2) is 14.6 Å². The number of benzene rings is 3. The third-order valence-corrected chi connectivity index (χ3v) is 5.85. The van der Waals surface area contributed by atoms with Gasteiger partial charge in [0.2, 0.25) is 0 Å². The van der Waals surface area contributed by atoms with E-state index in [4.69, 9.17) is 4.74 Å². The molecule has 31 heavy (non-hydrogen) atoms. The van der Waals surface area contributed by atoms with Gasteiger partial charge in [0.15, 0.2) is 0 Å². The Morgan fingerprint density at radius 1 is 0.871 bits per heavy atom. The van der Waals surface area contributed by atoms with Gasteiger partial charge in [-0.05, 0) is 42.0 Å². The molecule has 2 heterocycles. The third-order valence-electron chi connectivity index (χ3n) is 4.84. The van der Waals surface area contributed by atoms with Crippen LogP contribution in [0, 0.1) is 0 Å². The van der Waals surface area contributed by atoms with E-state index in [0.717, 1.165) is 21.8 Å². The number of nitrogens with one attached hydrogen (secondary N) is 1. The second-order valence-corrected chi connectivity index (χ2v) is 8.14. The maximum Gasteiger partial charge on any atom is 0.274 e. The summed E-state index contributed by atoms with van der Waals surface area (Å²) in [5.74, 6) is 0.753. The highest BCUT2D eigenvalue weighted by molar-refractivity contribution is 7.99. The van der Waals surface area contributed by atoms with Crippen LogP contribution in [0.25, 0.3) is 16.8 Å². The largest absolute Gasteiger partial charge is 0.487 e. The van der Waals surface area contributed by atoms with Gasteiger partial charge < -0.3 is 9.72 Å². The quantitative estimate of drug-likeness (QED) is 0.395. The van der Waals surface area contributed by atoms with E-state index in [0.29, 0.717) is 11.3 Å². The molecule has 6 heteroatoms. The molecule has 1 N–H and O–H groups in total. The van der Waals surface area contributed by atoms with Gasteiger partial charge in [-0.2, -0.15) is 9.61 Å². The van der Waals surface area contributed by atoms with E-state index in [-0.39, 0.29) is 12.2 Å². The van der Waals surface area contributed by atoms with Gasteiger partial charge in [-0.1, -0.05) is 60.3 Å². The Balaban J connectivity index is 1.42. The van der Waals surface area contributed by atoms with Crippen molar-refractivity contribution in [3.63, 3.8) is 0 Å². The minimum absolute atomic E-state index is 0.192. The fourth-order valence-corrected chi connectivity index (χ4v) is 4.17. The number of fused-ring (bicyclic) bond motifs is 1. The van der Waals surface area contributed by atoms with Gasteiger partial charge in [0.25, 0.3) is 5.56 Å². The molecule has 0 saturated carbocycles. The molecule has 5 rings (SSSR count). The van der Waals surface area contributed by atoms with E-state index in [1.807, 2.05) is 60.7 Å². The molecule has 0 bridgehead atoms. The molecule has 0 radical (unpaired) electrons. The molecule has 0 atom stereocenters. The average molecular weight is 426 g/mol. The van der Waals surface area contributed by atoms with Crippen molar-refractivity contribution >= 4 is 17.4 Å². The van der Waals surface area contributed by atoms with Crippen molar-refractivity contribution in [2.75, 3.05) is 0 Å². The average Bonchev–Trinajstić information content (AvgIpc) is 3.24. The fraction of sp³-hybridized carbons (Fsp3) is 0.0400. The van der Waals surface area contributed by atoms with Gasteiger partial charge in [-0.3, -0.25) is 4.79 Å². The van der Waals surface area contributed by atoms with Crippen molar-refractivity contribution in [2.24, 2.45) is 0 Å². The lowest BCUT2D eigenvalue weighted by Gasteiger charge is -2.07. The summed E-state index contributed by atoms with van der Waals surface area (Å²) >= 11 is 1.71. The van der Waals surface area contributed by atoms with Gasteiger partial charge in [0.1, 0.15) is 18.0 Å². The molecule has 0 aliphatic carbocycles. The van der Waals surface area contributed by atoms with Crippen LogP contribution >= 0.6 is 11.8 Å². The van der Waals surface area contributed by atoms with E-state index in [1.165, 1.54) is 15.5 Å². The zero-order chi connectivity index (χ0) is 21.0. The summed E-state index contributed by atoms with van der Waals surface area (Å²) in [6, 6.07) is 29.6. The summed E-state index contributed by atoms with van der Waals surface area (Å²) in [4.78, 5) is 18.2. The SMILES string of the molecule is O=c1cc(COc2ccccc2)[nH]c2c(-c3ccc(Sc4ccccc4)cc3)cnn12. The van der Waals surface area contributed by atoms with E-state index in [1.54, 1.807) is 18.0 Å². The molecule has 0 saturated heterocycles. The van der Waals surface area contributed by atoms with E-state index in [9.17, 15) is 4.79 Å². The summed E-state index contributed by atoms with van der Waals surface area (Å²) in [7, 11) is 0. The Kier molecular flexibility index (Phi) is 5.29. The van der Waals surface area contributed by atoms with Crippen molar-refractivity contribution in [3.05, 3.63) is 113 Å². The number of ether oxygens (including phenoxy) is 1. The van der Waals surface area contributed by atoms with Crippen molar-refractivity contribution in [3.8, 4) is 16.9 Å². The predicted octanol–water partition coefficient (Wildman–Crippen LogP) is 5.42. The van der Waals surface area contributed by atoms with Crippen LogP contribution in [0.3, 0.4) is 0 Å². The highest BCUT2D eigenvalue weighted by Crippen LogP contribution is 2.30. The summed E-state index contributed by atoms with van der Waals surface area (Å²) in [5.41, 5.74) is 3.02. The number of nitrogens with zero attached hydrogens (tertiary/aromatic N) is 2. The van der Waals surface area contributed by atoms with E-state index >= 15 is 0 Å². The first-order valence-electron chi connectivity index (χ1n) is 9.87. The smallest absolute Gasteiger partial charge is 0.274 e. The van der Waals surface area contributed by atoms with Crippen molar-refractivity contribution in [1.82, 2.24) is 14.6 Å². The molecule has 5 nitrogen and oxygen atoms in total. The van der Waals surface area contributed by atoms with Gasteiger partial charge in [-0.25, -0.2) is 0 Å². The van der Waals surface area contributed by atoms with Gasteiger partial charge >= 0.3 is 0 Å². The molecule has 0 fully saturated rings. The number of hydrogen-bond acceptors (Lipinski definition) is 4. The molecule has 0 aliphatic rings. The standard InChI is InChI=1S/C25H19N3O2S/c29-24-15-19(17-30-20-7-3-1-4-8-20)27-25-23(16-26-28(24)25)18-11-13-22(14-12-18)31-21-9-5-2-6-10-21/h1-16,27H,17H2. The molecule has 5 aromatic rings. The molecule has 3 aromatic carbocycles. The minimum Gasteiger partial charge on any atom is -0.487 e. The van der Waals surface area contributed by atoms with Crippen LogP contribution in [0.1, 0.15) is 5.69 Å². The lowest BCUT2D eigenvalue weighted by atomic mass is 10.1. The maximum atomic E-state index is 12.5. The number of H-pyrrole nitrogens is 1. The molecule has 152 valence electrons. The zero-order valence-corrected chi connectivity index (χ0v) is 17.4. The van der Waals surface area contributed by atoms with Crippen LogP contribution in [0.15, 0.2) is 112 Å². The number of rotatable bonds is 6. The Hall–Kier alpha value is -3.77. The number of hydrogen-bond donors (Lipinski definition) is 1. The Morgan fingerprint density at radius 2 is 1.55 bits per heavy atom. The van der Waals surface area contributed by atoms with E-state index < -0.39 is 0 Å². The van der Waals surface area contributed by atoms with Crippen LogP contribution in [-0.2, 0) is 6.61 Å². The first kappa shape index (κ1) is 19.2. The summed E-state index contributed by atoms with van der Waals surface area (Å²) in [5, 5.41) is 4.27. The molecule has 0 spiro atoms. The molecule has 2 aromatic heterocycles. The lowest BCUT2D eigenvalue weighted by molar-refractivity contribution is 0.301. The van der Waals surface area contributed by atoms with Crippen LogP contribution in [0.2, 0.25) is 0 Å². The highest BCUT2D eigenvalue weighted by Gasteiger charge is 2.11. The first-order valence-corrected chi connectivity index (χ1v) is 10.7. The van der Waals surface area contributed by atoms with Crippen molar-refractivity contribution in [2.45, 2.75) is 16.4 Å². The highest BCUT2D eigenvalue weighted by atomic mass is 32.2. The topological polar surface area (TPSA) is 59.4 Å². The molecule has 0 aliphatic heterocycles. The Labute approximate surface area is 183 Å². The van der Waals surface area contributed by atoms with Gasteiger partial charge in [-0.15, -0.1) is 0 Å². The second kappa shape index (κ2) is 8.53.